The first-order chi connectivity index (χ1) is 16.9. The molecule has 4 N–H and O–H groups in total. The summed E-state index contributed by atoms with van der Waals surface area (Å²) in [7, 11) is 2.09. The predicted octanol–water partition coefficient (Wildman–Crippen LogP) is 2.03. The van der Waals surface area contributed by atoms with E-state index in [-0.39, 0.29) is 11.2 Å². The van der Waals surface area contributed by atoms with Gasteiger partial charge in [0.1, 0.15) is 23.8 Å². The SMILES string of the molecule is CCC1(c2cccc(OC(=O)CC(C(=O)O)C(O)C(=O)N[C@H](C(=O)O)C(C)C)c2)CCCCN(C)C1. The van der Waals surface area contributed by atoms with Crippen molar-refractivity contribution in [1.82, 2.24) is 10.2 Å². The van der Waals surface area contributed by atoms with Crippen LogP contribution in [-0.4, -0.2) is 76.3 Å². The lowest BCUT2D eigenvalue weighted by Crippen LogP contribution is -2.51. The number of carboxylic acids is 2. The predicted molar refractivity (Wildman–Crippen MR) is 132 cm³/mol. The van der Waals surface area contributed by atoms with Crippen molar-refractivity contribution in [1.29, 1.82) is 0 Å². The summed E-state index contributed by atoms with van der Waals surface area (Å²) < 4.78 is 5.41. The Balaban J connectivity index is 2.14. The number of aliphatic carboxylic acids is 2. The maximum atomic E-state index is 12.6. The lowest BCUT2D eigenvalue weighted by molar-refractivity contribution is -0.156. The molecule has 0 saturated carbocycles. The van der Waals surface area contributed by atoms with Gasteiger partial charge in [-0.2, -0.15) is 0 Å². The number of nitrogens with one attached hydrogen (secondary N) is 1. The molecule has 0 bridgehead atoms. The number of benzene rings is 1. The second-order valence-electron chi connectivity index (χ2n) is 9.99. The molecule has 4 atom stereocenters. The van der Waals surface area contributed by atoms with Gasteiger partial charge in [0.15, 0.2) is 0 Å². The number of carbonyl (C=O) groups excluding carboxylic acids is 2. The highest BCUT2D eigenvalue weighted by Crippen LogP contribution is 2.37. The zero-order chi connectivity index (χ0) is 27.0. The van der Waals surface area contributed by atoms with Crippen LogP contribution < -0.4 is 10.1 Å². The Kier molecular flexibility index (Phi) is 10.4. The van der Waals surface area contributed by atoms with Crippen molar-refractivity contribution in [3.05, 3.63) is 29.8 Å². The summed E-state index contributed by atoms with van der Waals surface area (Å²) in [6, 6.07) is 5.87. The Labute approximate surface area is 211 Å². The van der Waals surface area contributed by atoms with Gasteiger partial charge in [-0.05, 0) is 56.5 Å². The van der Waals surface area contributed by atoms with Gasteiger partial charge in [0.05, 0.1) is 6.42 Å². The van der Waals surface area contributed by atoms with Crippen LogP contribution in [0.1, 0.15) is 58.4 Å². The fraction of sp³-hybridized carbons (Fsp3) is 0.615. The molecule has 1 saturated heterocycles. The van der Waals surface area contributed by atoms with Crippen LogP contribution in [0.3, 0.4) is 0 Å². The number of aliphatic hydroxyl groups excluding tert-OH is 1. The van der Waals surface area contributed by atoms with Gasteiger partial charge in [0.2, 0.25) is 5.91 Å². The van der Waals surface area contributed by atoms with Gasteiger partial charge in [-0.1, -0.05) is 39.3 Å². The number of nitrogens with zero attached hydrogens (tertiary/aromatic N) is 1. The lowest BCUT2D eigenvalue weighted by Gasteiger charge is -2.35. The fourth-order valence-corrected chi connectivity index (χ4v) is 4.76. The van der Waals surface area contributed by atoms with E-state index in [2.05, 4.69) is 24.2 Å². The summed E-state index contributed by atoms with van der Waals surface area (Å²) in [5.74, 6) is -7.05. The van der Waals surface area contributed by atoms with E-state index in [1.54, 1.807) is 32.0 Å². The van der Waals surface area contributed by atoms with Crippen molar-refractivity contribution in [2.75, 3.05) is 20.1 Å². The minimum Gasteiger partial charge on any atom is -0.481 e. The summed E-state index contributed by atoms with van der Waals surface area (Å²) in [4.78, 5) is 50.3. The third-order valence-electron chi connectivity index (χ3n) is 6.96. The van der Waals surface area contributed by atoms with E-state index in [4.69, 9.17) is 4.74 Å². The Bertz CT molecular complexity index is 950. The van der Waals surface area contributed by atoms with E-state index in [0.717, 1.165) is 44.3 Å². The largest absolute Gasteiger partial charge is 0.481 e. The molecule has 10 nitrogen and oxygen atoms in total. The molecule has 2 rings (SSSR count). The Morgan fingerprint density at radius 2 is 1.83 bits per heavy atom. The van der Waals surface area contributed by atoms with Gasteiger partial charge in [0, 0.05) is 12.0 Å². The van der Waals surface area contributed by atoms with Crippen molar-refractivity contribution < 1.29 is 39.2 Å². The minimum absolute atomic E-state index is 0.0946. The van der Waals surface area contributed by atoms with Gasteiger partial charge in [-0.3, -0.25) is 14.4 Å². The van der Waals surface area contributed by atoms with Crippen molar-refractivity contribution in [3.63, 3.8) is 0 Å². The van der Waals surface area contributed by atoms with Crippen LogP contribution in [0, 0.1) is 11.8 Å². The van der Waals surface area contributed by atoms with E-state index in [0.29, 0.717) is 0 Å². The maximum absolute atomic E-state index is 12.6. The molecule has 0 aliphatic carbocycles. The van der Waals surface area contributed by atoms with Crippen molar-refractivity contribution in [2.45, 2.75) is 70.4 Å². The van der Waals surface area contributed by atoms with E-state index >= 15 is 0 Å². The van der Waals surface area contributed by atoms with Crippen LogP contribution in [0.5, 0.6) is 5.75 Å². The number of likely N-dealkylation sites (tertiary alicyclic amines) is 1. The molecule has 1 aromatic rings. The number of hydrogen-bond donors (Lipinski definition) is 4. The first-order valence-electron chi connectivity index (χ1n) is 12.3. The average molecular weight is 507 g/mol. The van der Waals surface area contributed by atoms with Gasteiger partial charge in [-0.25, -0.2) is 4.79 Å². The molecule has 1 heterocycles. The highest BCUT2D eigenvalue weighted by molar-refractivity contribution is 5.91. The summed E-state index contributed by atoms with van der Waals surface area (Å²) in [5, 5.41) is 31.2. The molecule has 0 spiro atoms. The van der Waals surface area contributed by atoms with Gasteiger partial charge in [-0.15, -0.1) is 0 Å². The number of esters is 1. The molecule has 1 aliphatic rings. The molecular formula is C26H38N2O8. The molecule has 36 heavy (non-hydrogen) atoms. The van der Waals surface area contributed by atoms with Crippen LogP contribution in [0.2, 0.25) is 0 Å². The molecule has 10 heteroatoms. The molecule has 200 valence electrons. The third kappa shape index (κ3) is 7.51. The summed E-state index contributed by atoms with van der Waals surface area (Å²) in [6.07, 6.45) is 1.21. The molecule has 1 aliphatic heterocycles. The second-order valence-corrected chi connectivity index (χ2v) is 9.99. The topological polar surface area (TPSA) is 153 Å². The smallest absolute Gasteiger partial charge is 0.326 e. The molecule has 1 amide bonds. The molecule has 1 aromatic carbocycles. The highest BCUT2D eigenvalue weighted by atomic mass is 16.5. The molecule has 0 aromatic heterocycles. The summed E-state index contributed by atoms with van der Waals surface area (Å²) in [6.45, 7) is 7.14. The van der Waals surface area contributed by atoms with E-state index < -0.39 is 54.2 Å². The molecule has 0 radical (unpaired) electrons. The average Bonchev–Trinajstić information content (AvgIpc) is 3.01. The number of hydrogen-bond acceptors (Lipinski definition) is 7. The molecule has 1 fully saturated rings. The second kappa shape index (κ2) is 12.8. The third-order valence-corrected chi connectivity index (χ3v) is 6.96. The maximum Gasteiger partial charge on any atom is 0.326 e. The quantitative estimate of drug-likeness (QED) is 0.261. The summed E-state index contributed by atoms with van der Waals surface area (Å²) >= 11 is 0. The number of aliphatic hydroxyl groups is 1. The zero-order valence-electron chi connectivity index (χ0n) is 21.4. The monoisotopic (exact) mass is 506 g/mol. The Hall–Kier alpha value is -2.98. The number of likely N-dealkylation sites (N-methyl/N-ethyl adjacent to an activating group) is 1. The number of carbonyl (C=O) groups is 4. The first-order valence-corrected chi connectivity index (χ1v) is 12.3. The van der Waals surface area contributed by atoms with Gasteiger partial charge in [0.25, 0.3) is 0 Å². The van der Waals surface area contributed by atoms with Crippen LogP contribution in [0.4, 0.5) is 0 Å². The van der Waals surface area contributed by atoms with Gasteiger partial charge < -0.3 is 30.3 Å². The Morgan fingerprint density at radius 3 is 2.42 bits per heavy atom. The van der Waals surface area contributed by atoms with Crippen molar-refractivity contribution in [2.24, 2.45) is 11.8 Å². The van der Waals surface area contributed by atoms with Crippen LogP contribution in [0.15, 0.2) is 24.3 Å². The fourth-order valence-electron chi connectivity index (χ4n) is 4.76. The number of amides is 1. The normalized spacial score (nSPS) is 21.2. The van der Waals surface area contributed by atoms with Crippen molar-refractivity contribution in [3.8, 4) is 5.75 Å². The van der Waals surface area contributed by atoms with E-state index in [1.807, 2.05) is 6.07 Å². The minimum atomic E-state index is -2.13. The highest BCUT2D eigenvalue weighted by Gasteiger charge is 2.37. The Morgan fingerprint density at radius 1 is 1.14 bits per heavy atom. The van der Waals surface area contributed by atoms with Crippen LogP contribution >= 0.6 is 0 Å². The van der Waals surface area contributed by atoms with E-state index in [9.17, 15) is 34.5 Å². The zero-order valence-corrected chi connectivity index (χ0v) is 21.4. The van der Waals surface area contributed by atoms with Crippen molar-refractivity contribution >= 4 is 23.8 Å². The number of carboxylic acid groups (broad SMARTS) is 2. The van der Waals surface area contributed by atoms with Gasteiger partial charge >= 0.3 is 17.9 Å². The summed E-state index contributed by atoms with van der Waals surface area (Å²) in [5.41, 5.74) is 0.939. The lowest BCUT2D eigenvalue weighted by atomic mass is 9.74. The molecular weight excluding hydrogens is 468 g/mol. The number of rotatable bonds is 11. The number of ether oxygens (including phenoxy) is 1. The molecule has 3 unspecified atom stereocenters. The standard InChI is InChI=1S/C26H38N2O8/c1-5-26(11-6-7-12-28(4)15-26)17-9-8-10-18(13-17)36-20(29)14-19(24(32)33)22(30)23(31)27-21(16(2)3)25(34)35/h8-10,13,16,19,21-22,30H,5-7,11-12,14-15H2,1-4H3,(H,27,31)(H,32,33)(H,34,35)/t19?,21-,22?,26?/m0/s1. The first kappa shape index (κ1) is 29.3. The van der Waals surface area contributed by atoms with E-state index in [1.165, 1.54) is 0 Å². The van der Waals surface area contributed by atoms with Crippen LogP contribution in [0.25, 0.3) is 0 Å². The van der Waals surface area contributed by atoms with Crippen LogP contribution in [-0.2, 0) is 24.6 Å².